The molecule has 4 nitrogen and oxygen atoms in total. The fourth-order valence-corrected chi connectivity index (χ4v) is 2.19. The van der Waals surface area contributed by atoms with Gasteiger partial charge in [-0.25, -0.2) is 4.68 Å². The van der Waals surface area contributed by atoms with E-state index in [2.05, 4.69) is 5.10 Å². The molecule has 0 bridgehead atoms. The van der Waals surface area contributed by atoms with Crippen molar-refractivity contribution in [2.24, 2.45) is 5.73 Å². The van der Waals surface area contributed by atoms with Crippen LogP contribution >= 0.6 is 0 Å². The first-order chi connectivity index (χ1) is 9.75. The number of hydrogen-bond acceptors (Lipinski definition) is 2. The van der Waals surface area contributed by atoms with Crippen LogP contribution in [0.5, 0.6) is 0 Å². The molecule has 3 N–H and O–H groups in total. The van der Waals surface area contributed by atoms with Gasteiger partial charge in [-0.3, -0.25) is 5.41 Å². The Bertz CT molecular complexity index is 730. The van der Waals surface area contributed by atoms with Crippen LogP contribution in [0.2, 0.25) is 0 Å². The topological polar surface area (TPSA) is 67.7 Å². The normalized spacial score (nSPS) is 10.4. The Hall–Kier alpha value is -2.88. The second-order valence-electron chi connectivity index (χ2n) is 4.46. The molecule has 0 saturated heterocycles. The number of nitrogen functional groups attached to an aromatic ring is 1. The number of rotatable bonds is 3. The zero-order chi connectivity index (χ0) is 13.9. The molecule has 0 radical (unpaired) electrons. The molecule has 20 heavy (non-hydrogen) atoms. The molecule has 3 rings (SSSR count). The molecule has 0 spiro atoms. The van der Waals surface area contributed by atoms with Crippen LogP contribution in [0.25, 0.3) is 16.8 Å². The first-order valence-corrected chi connectivity index (χ1v) is 6.29. The number of benzene rings is 2. The van der Waals surface area contributed by atoms with Gasteiger partial charge in [0.15, 0.2) is 0 Å². The minimum Gasteiger partial charge on any atom is -0.384 e. The maximum atomic E-state index is 7.73. The van der Waals surface area contributed by atoms with E-state index in [0.29, 0.717) is 0 Å². The maximum absolute atomic E-state index is 7.73. The van der Waals surface area contributed by atoms with Gasteiger partial charge in [0.2, 0.25) is 0 Å². The van der Waals surface area contributed by atoms with Crippen LogP contribution in [0.3, 0.4) is 0 Å². The van der Waals surface area contributed by atoms with E-state index in [1.54, 1.807) is 10.9 Å². The Morgan fingerprint density at radius 3 is 2.50 bits per heavy atom. The molecule has 0 aliphatic carbocycles. The molecule has 0 aliphatic rings. The van der Waals surface area contributed by atoms with E-state index in [9.17, 15) is 0 Å². The summed E-state index contributed by atoms with van der Waals surface area (Å²) < 4.78 is 1.79. The summed E-state index contributed by atoms with van der Waals surface area (Å²) >= 11 is 0. The number of nitrogens with zero attached hydrogens (tertiary/aromatic N) is 2. The lowest BCUT2D eigenvalue weighted by atomic mass is 9.98. The highest BCUT2D eigenvalue weighted by molar-refractivity contribution is 6.01. The molecule has 0 unspecified atom stereocenters. The highest BCUT2D eigenvalue weighted by Gasteiger charge is 2.09. The van der Waals surface area contributed by atoms with Crippen LogP contribution in [-0.4, -0.2) is 15.6 Å². The molecule has 3 aromatic rings. The lowest BCUT2D eigenvalue weighted by molar-refractivity contribution is 0.881. The van der Waals surface area contributed by atoms with Gasteiger partial charge in [0, 0.05) is 18.0 Å². The Labute approximate surface area is 117 Å². The fourth-order valence-electron chi connectivity index (χ4n) is 2.19. The number of nitrogens with one attached hydrogen (secondary N) is 1. The molecule has 0 saturated carbocycles. The van der Waals surface area contributed by atoms with Crippen molar-refractivity contribution in [1.29, 1.82) is 5.41 Å². The molecule has 0 atom stereocenters. The van der Waals surface area contributed by atoms with Gasteiger partial charge in [0.1, 0.15) is 5.84 Å². The van der Waals surface area contributed by atoms with Crippen LogP contribution in [0, 0.1) is 5.41 Å². The molecule has 98 valence electrons. The van der Waals surface area contributed by atoms with E-state index < -0.39 is 0 Å². The standard InChI is InChI=1S/C16H14N4/c17-16(18)14-8-7-13(20-10-4-9-19-20)11-15(14)12-5-2-1-3-6-12/h1-11H,(H3,17,18). The second kappa shape index (κ2) is 5.01. The molecule has 1 aromatic heterocycles. The van der Waals surface area contributed by atoms with Gasteiger partial charge >= 0.3 is 0 Å². The molecule has 0 amide bonds. The first kappa shape index (κ1) is 12.2. The minimum atomic E-state index is 0.0656. The average Bonchev–Trinajstić information content (AvgIpc) is 3.02. The molecule has 0 aliphatic heterocycles. The monoisotopic (exact) mass is 262 g/mol. The maximum Gasteiger partial charge on any atom is 0.123 e. The molecule has 0 fully saturated rings. The number of amidine groups is 1. The summed E-state index contributed by atoms with van der Waals surface area (Å²) in [5.74, 6) is 0.0656. The zero-order valence-electron chi connectivity index (χ0n) is 10.8. The smallest absolute Gasteiger partial charge is 0.123 e. The highest BCUT2D eigenvalue weighted by atomic mass is 15.3. The number of aromatic nitrogens is 2. The van der Waals surface area contributed by atoms with Gasteiger partial charge in [0.05, 0.1) is 5.69 Å². The molecule has 2 aromatic carbocycles. The first-order valence-electron chi connectivity index (χ1n) is 6.29. The Morgan fingerprint density at radius 2 is 1.85 bits per heavy atom. The highest BCUT2D eigenvalue weighted by Crippen LogP contribution is 2.26. The van der Waals surface area contributed by atoms with Crippen molar-refractivity contribution in [3.8, 4) is 16.8 Å². The molecule has 4 heteroatoms. The Kier molecular flexibility index (Phi) is 3.05. The summed E-state index contributed by atoms with van der Waals surface area (Å²) in [6.45, 7) is 0. The van der Waals surface area contributed by atoms with E-state index in [0.717, 1.165) is 22.4 Å². The molecule has 1 heterocycles. The van der Waals surface area contributed by atoms with Crippen molar-refractivity contribution in [3.63, 3.8) is 0 Å². The average molecular weight is 262 g/mol. The predicted molar refractivity (Wildman–Crippen MR) is 80.0 cm³/mol. The number of hydrogen-bond donors (Lipinski definition) is 2. The number of nitrogens with two attached hydrogens (primary N) is 1. The van der Waals surface area contributed by atoms with Crippen molar-refractivity contribution in [2.75, 3.05) is 0 Å². The predicted octanol–water partition coefficient (Wildman–Crippen LogP) is 2.82. The summed E-state index contributed by atoms with van der Waals surface area (Å²) in [6, 6.07) is 17.6. The van der Waals surface area contributed by atoms with E-state index in [1.165, 1.54) is 0 Å². The van der Waals surface area contributed by atoms with Gasteiger partial charge in [-0.05, 0) is 35.4 Å². The minimum absolute atomic E-state index is 0.0656. The third-order valence-electron chi connectivity index (χ3n) is 3.15. The fraction of sp³-hybridized carbons (Fsp3) is 0. The summed E-state index contributed by atoms with van der Waals surface area (Å²) in [5, 5.41) is 12.0. The van der Waals surface area contributed by atoms with Crippen LogP contribution < -0.4 is 5.73 Å². The largest absolute Gasteiger partial charge is 0.384 e. The zero-order valence-corrected chi connectivity index (χ0v) is 10.8. The van der Waals surface area contributed by atoms with Crippen molar-refractivity contribution >= 4 is 5.84 Å². The van der Waals surface area contributed by atoms with Crippen LogP contribution in [0.1, 0.15) is 5.56 Å². The summed E-state index contributed by atoms with van der Waals surface area (Å²) in [6.07, 6.45) is 3.62. The van der Waals surface area contributed by atoms with E-state index in [4.69, 9.17) is 11.1 Å². The quantitative estimate of drug-likeness (QED) is 0.563. The molecular weight excluding hydrogens is 248 g/mol. The Balaban J connectivity index is 2.19. The van der Waals surface area contributed by atoms with Gasteiger partial charge in [0.25, 0.3) is 0 Å². The van der Waals surface area contributed by atoms with Crippen molar-refractivity contribution in [3.05, 3.63) is 72.6 Å². The second-order valence-corrected chi connectivity index (χ2v) is 4.46. The third-order valence-corrected chi connectivity index (χ3v) is 3.15. The van der Waals surface area contributed by atoms with Gasteiger partial charge in [-0.15, -0.1) is 0 Å². The lowest BCUT2D eigenvalue weighted by Gasteiger charge is -2.11. The van der Waals surface area contributed by atoms with Crippen LogP contribution in [-0.2, 0) is 0 Å². The lowest BCUT2D eigenvalue weighted by Crippen LogP contribution is -2.13. The van der Waals surface area contributed by atoms with E-state index in [1.807, 2.05) is 60.8 Å². The summed E-state index contributed by atoms with van der Waals surface area (Å²) in [4.78, 5) is 0. The van der Waals surface area contributed by atoms with E-state index >= 15 is 0 Å². The summed E-state index contributed by atoms with van der Waals surface area (Å²) in [5.41, 5.74) is 9.32. The van der Waals surface area contributed by atoms with E-state index in [-0.39, 0.29) is 5.84 Å². The van der Waals surface area contributed by atoms with Crippen molar-refractivity contribution in [1.82, 2.24) is 9.78 Å². The molecular formula is C16H14N4. The Morgan fingerprint density at radius 1 is 1.05 bits per heavy atom. The van der Waals surface area contributed by atoms with Crippen LogP contribution in [0.15, 0.2) is 67.0 Å². The van der Waals surface area contributed by atoms with Crippen molar-refractivity contribution in [2.45, 2.75) is 0 Å². The van der Waals surface area contributed by atoms with Gasteiger partial charge < -0.3 is 5.73 Å². The third kappa shape index (κ3) is 2.19. The van der Waals surface area contributed by atoms with Gasteiger partial charge in [-0.1, -0.05) is 30.3 Å². The van der Waals surface area contributed by atoms with Crippen LogP contribution in [0.4, 0.5) is 0 Å². The van der Waals surface area contributed by atoms with Crippen molar-refractivity contribution < 1.29 is 0 Å². The summed E-state index contributed by atoms with van der Waals surface area (Å²) in [7, 11) is 0. The SMILES string of the molecule is N=C(N)c1ccc(-n2cccn2)cc1-c1ccccc1. The van der Waals surface area contributed by atoms with Gasteiger partial charge in [-0.2, -0.15) is 5.10 Å².